The van der Waals surface area contributed by atoms with Crippen LogP contribution < -0.4 is 0 Å². The van der Waals surface area contributed by atoms with Gasteiger partial charge in [0.15, 0.2) is 5.78 Å². The van der Waals surface area contributed by atoms with Crippen molar-refractivity contribution in [3.05, 3.63) is 47.0 Å². The van der Waals surface area contributed by atoms with Crippen LogP contribution in [0.4, 0.5) is 0 Å². The minimum atomic E-state index is -0.550. The molecule has 2 aliphatic rings. The lowest BCUT2D eigenvalue weighted by Crippen LogP contribution is -2.47. The number of benzene rings is 1. The summed E-state index contributed by atoms with van der Waals surface area (Å²) < 4.78 is 6.07. The van der Waals surface area contributed by atoms with Gasteiger partial charge < -0.3 is 4.74 Å². The van der Waals surface area contributed by atoms with E-state index in [1.165, 1.54) is 11.1 Å². The molecule has 3 rings (SSSR count). The van der Waals surface area contributed by atoms with Crippen molar-refractivity contribution in [3.63, 3.8) is 0 Å². The smallest absolute Gasteiger partial charge is 0.178 e. The number of nitrogens with zero attached hydrogens (tertiary/aromatic N) is 1. The fourth-order valence-electron chi connectivity index (χ4n) is 3.33. The summed E-state index contributed by atoms with van der Waals surface area (Å²) in [6, 6.07) is 10.2. The van der Waals surface area contributed by atoms with Crippen LogP contribution >= 0.6 is 0 Å². The van der Waals surface area contributed by atoms with Gasteiger partial charge in [0.05, 0.1) is 17.8 Å². The summed E-state index contributed by atoms with van der Waals surface area (Å²) in [5, 5.41) is 9.21. The Morgan fingerprint density at radius 3 is 2.65 bits per heavy atom. The van der Waals surface area contributed by atoms with E-state index in [-0.39, 0.29) is 11.4 Å². The molecule has 0 N–H and O–H groups in total. The maximum absolute atomic E-state index is 12.2. The van der Waals surface area contributed by atoms with Crippen molar-refractivity contribution in [1.82, 2.24) is 0 Å². The summed E-state index contributed by atoms with van der Waals surface area (Å²) >= 11 is 0. The van der Waals surface area contributed by atoms with Gasteiger partial charge in [-0.3, -0.25) is 4.79 Å². The molecule has 102 valence electrons. The first-order valence-electron chi connectivity index (χ1n) is 6.84. The number of ether oxygens (including phenoxy) is 1. The molecule has 0 fully saturated rings. The van der Waals surface area contributed by atoms with E-state index < -0.39 is 11.0 Å². The number of allylic oxidation sites excluding steroid dienone is 1. The molecule has 1 atom stereocenters. The summed E-state index contributed by atoms with van der Waals surface area (Å²) in [6.07, 6.45) is 3.10. The highest BCUT2D eigenvalue weighted by Gasteiger charge is 2.47. The monoisotopic (exact) mass is 267 g/mol. The van der Waals surface area contributed by atoms with Gasteiger partial charge in [-0.25, -0.2) is 0 Å². The number of ketones is 1. The van der Waals surface area contributed by atoms with Crippen LogP contribution in [0, 0.1) is 16.7 Å². The van der Waals surface area contributed by atoms with Crippen LogP contribution in [-0.2, 0) is 22.6 Å². The molecule has 1 heterocycles. The van der Waals surface area contributed by atoms with Crippen LogP contribution in [0.1, 0.15) is 31.4 Å². The Bertz CT molecular complexity index is 651. The number of nitriles is 1. The predicted octanol–water partition coefficient (Wildman–Crippen LogP) is 2.95. The third-order valence-corrected chi connectivity index (χ3v) is 4.25. The third-order valence-electron chi connectivity index (χ3n) is 4.25. The fourth-order valence-corrected chi connectivity index (χ4v) is 3.33. The number of Topliss-reactive ketones (excluding diaryl/α,β-unsaturated/α-hetero) is 1. The molecule has 0 bridgehead atoms. The van der Waals surface area contributed by atoms with E-state index in [2.05, 4.69) is 12.1 Å². The molecular weight excluding hydrogens is 250 g/mol. The van der Waals surface area contributed by atoms with Gasteiger partial charge in [-0.2, -0.15) is 5.26 Å². The van der Waals surface area contributed by atoms with Crippen molar-refractivity contribution < 1.29 is 9.53 Å². The lowest BCUT2D eigenvalue weighted by molar-refractivity contribution is -0.131. The predicted molar refractivity (Wildman–Crippen MR) is 74.8 cm³/mol. The minimum Gasteiger partial charge on any atom is -0.366 e. The third kappa shape index (κ3) is 1.97. The number of rotatable bonds is 0. The zero-order chi connectivity index (χ0) is 14.4. The molecule has 1 aliphatic heterocycles. The Hall–Kier alpha value is -1.92. The summed E-state index contributed by atoms with van der Waals surface area (Å²) in [4.78, 5) is 12.2. The van der Waals surface area contributed by atoms with Crippen molar-refractivity contribution in [1.29, 1.82) is 5.26 Å². The molecule has 1 aromatic carbocycles. The van der Waals surface area contributed by atoms with Crippen LogP contribution in [-0.4, -0.2) is 11.4 Å². The van der Waals surface area contributed by atoms with Gasteiger partial charge in [-0.15, -0.1) is 0 Å². The Labute approximate surface area is 118 Å². The molecule has 1 spiro atoms. The number of hydrogen-bond donors (Lipinski definition) is 0. The van der Waals surface area contributed by atoms with E-state index >= 15 is 0 Å². The SMILES string of the molecule is CC1(C)CC2(C=C(C#N)C1=O)Cc1ccccc1CO2. The van der Waals surface area contributed by atoms with Crippen molar-refractivity contribution in [2.75, 3.05) is 0 Å². The fraction of sp³-hybridized carbons (Fsp3) is 0.412. The quantitative estimate of drug-likeness (QED) is 0.726. The van der Waals surface area contributed by atoms with Crippen LogP contribution in [0.25, 0.3) is 0 Å². The molecule has 1 aliphatic carbocycles. The topological polar surface area (TPSA) is 50.1 Å². The highest BCUT2D eigenvalue weighted by Crippen LogP contribution is 2.43. The zero-order valence-corrected chi connectivity index (χ0v) is 11.8. The summed E-state index contributed by atoms with van der Waals surface area (Å²) in [6.45, 7) is 4.33. The largest absolute Gasteiger partial charge is 0.366 e. The summed E-state index contributed by atoms with van der Waals surface area (Å²) in [7, 11) is 0. The van der Waals surface area contributed by atoms with Crippen molar-refractivity contribution in [3.8, 4) is 6.07 Å². The maximum atomic E-state index is 12.2. The highest BCUT2D eigenvalue weighted by molar-refractivity contribution is 6.03. The van der Waals surface area contributed by atoms with Crippen LogP contribution in [0.3, 0.4) is 0 Å². The van der Waals surface area contributed by atoms with E-state index in [9.17, 15) is 10.1 Å². The second-order valence-electron chi connectivity index (χ2n) is 6.36. The molecule has 0 amide bonds. The van der Waals surface area contributed by atoms with Crippen molar-refractivity contribution >= 4 is 5.78 Å². The average Bonchev–Trinajstić information content (AvgIpc) is 2.42. The van der Waals surface area contributed by atoms with E-state index in [1.807, 2.05) is 32.0 Å². The average molecular weight is 267 g/mol. The lowest BCUT2D eigenvalue weighted by Gasteiger charge is -2.43. The van der Waals surface area contributed by atoms with E-state index in [0.29, 0.717) is 13.0 Å². The first-order valence-corrected chi connectivity index (χ1v) is 6.84. The van der Waals surface area contributed by atoms with Gasteiger partial charge >= 0.3 is 0 Å². The molecule has 1 unspecified atom stereocenters. The number of fused-ring (bicyclic) bond motifs is 1. The lowest BCUT2D eigenvalue weighted by atomic mass is 9.67. The maximum Gasteiger partial charge on any atom is 0.178 e. The van der Waals surface area contributed by atoms with Crippen molar-refractivity contribution in [2.24, 2.45) is 5.41 Å². The molecule has 3 nitrogen and oxygen atoms in total. The Morgan fingerprint density at radius 2 is 1.95 bits per heavy atom. The number of hydrogen-bond acceptors (Lipinski definition) is 3. The molecule has 3 heteroatoms. The normalized spacial score (nSPS) is 27.6. The molecule has 0 aromatic heterocycles. The second kappa shape index (κ2) is 4.29. The van der Waals surface area contributed by atoms with E-state index in [4.69, 9.17) is 4.74 Å². The van der Waals surface area contributed by atoms with Crippen LogP contribution in [0.5, 0.6) is 0 Å². The van der Waals surface area contributed by atoms with Crippen LogP contribution in [0.15, 0.2) is 35.9 Å². The molecule has 20 heavy (non-hydrogen) atoms. The molecule has 1 aromatic rings. The van der Waals surface area contributed by atoms with Gasteiger partial charge in [0.2, 0.25) is 0 Å². The highest BCUT2D eigenvalue weighted by atomic mass is 16.5. The molecular formula is C17H17NO2. The van der Waals surface area contributed by atoms with E-state index in [0.717, 1.165) is 6.42 Å². The Morgan fingerprint density at radius 1 is 1.25 bits per heavy atom. The van der Waals surface area contributed by atoms with Gasteiger partial charge in [-0.05, 0) is 23.6 Å². The summed E-state index contributed by atoms with van der Waals surface area (Å²) in [5.74, 6) is -0.0758. The van der Waals surface area contributed by atoms with Gasteiger partial charge in [-0.1, -0.05) is 38.1 Å². The standard InChI is InChI=1S/C17H17NO2/c1-16(2)11-17(8-14(9-18)15(16)19)7-12-5-3-4-6-13(12)10-20-17/h3-6,8H,7,10-11H2,1-2H3. The van der Waals surface area contributed by atoms with Gasteiger partial charge in [0.25, 0.3) is 0 Å². The second-order valence-corrected chi connectivity index (χ2v) is 6.36. The van der Waals surface area contributed by atoms with Crippen molar-refractivity contribution in [2.45, 2.75) is 38.9 Å². The molecule has 0 radical (unpaired) electrons. The number of carbonyl (C=O) groups excluding carboxylic acids is 1. The van der Waals surface area contributed by atoms with Gasteiger partial charge in [0.1, 0.15) is 6.07 Å². The van der Waals surface area contributed by atoms with Crippen LogP contribution in [0.2, 0.25) is 0 Å². The number of carbonyl (C=O) groups is 1. The molecule has 0 saturated carbocycles. The zero-order valence-electron chi connectivity index (χ0n) is 11.8. The Balaban J connectivity index is 2.05. The molecule has 0 saturated heterocycles. The first kappa shape index (κ1) is 13.1. The summed E-state index contributed by atoms with van der Waals surface area (Å²) in [5.41, 5.74) is 1.61. The Kier molecular flexibility index (Phi) is 2.81. The minimum absolute atomic E-state index is 0.0758. The first-order chi connectivity index (χ1) is 9.46. The van der Waals surface area contributed by atoms with Gasteiger partial charge in [0, 0.05) is 11.8 Å². The van der Waals surface area contributed by atoms with E-state index in [1.54, 1.807) is 6.08 Å².